The fraction of sp³-hybridized carbons (Fsp3) is 0.385. The van der Waals surface area contributed by atoms with E-state index in [9.17, 15) is 4.79 Å². The van der Waals surface area contributed by atoms with Gasteiger partial charge in [-0.25, -0.2) is 4.79 Å². The van der Waals surface area contributed by atoms with Crippen molar-refractivity contribution in [1.29, 1.82) is 5.26 Å². The molecule has 1 aromatic rings. The van der Waals surface area contributed by atoms with Crippen molar-refractivity contribution in [2.24, 2.45) is 0 Å². The first kappa shape index (κ1) is 13.0. The first-order valence-electron chi connectivity index (χ1n) is 5.33. The van der Waals surface area contributed by atoms with Crippen LogP contribution in [0.4, 0.5) is 4.79 Å². The summed E-state index contributed by atoms with van der Waals surface area (Å²) >= 11 is 0. The molecule has 0 saturated carbocycles. The van der Waals surface area contributed by atoms with Gasteiger partial charge in [0.15, 0.2) is 0 Å². The predicted molar refractivity (Wildman–Crippen MR) is 64.9 cm³/mol. The third kappa shape index (κ3) is 3.22. The van der Waals surface area contributed by atoms with E-state index in [1.807, 2.05) is 39.0 Å². The number of nitriles is 1. The number of rotatable bonds is 2. The highest BCUT2D eigenvalue weighted by atomic mass is 16.6. The van der Waals surface area contributed by atoms with Crippen LogP contribution in [0, 0.1) is 32.1 Å². The molecular formula is C13H16N2O2. The van der Waals surface area contributed by atoms with Gasteiger partial charge in [-0.15, -0.1) is 0 Å². The van der Waals surface area contributed by atoms with E-state index in [1.165, 1.54) is 11.9 Å². The van der Waals surface area contributed by atoms with E-state index in [2.05, 4.69) is 0 Å². The minimum Gasteiger partial charge on any atom is -0.410 e. The van der Waals surface area contributed by atoms with Crippen molar-refractivity contribution in [1.82, 2.24) is 4.90 Å². The minimum absolute atomic E-state index is 0.0167. The molecular weight excluding hydrogens is 216 g/mol. The Morgan fingerprint density at radius 2 is 1.88 bits per heavy atom. The van der Waals surface area contributed by atoms with Gasteiger partial charge in [0.1, 0.15) is 12.3 Å². The molecule has 1 amide bonds. The first-order valence-corrected chi connectivity index (χ1v) is 5.33. The Bertz CT molecular complexity index is 452. The fourth-order valence-electron chi connectivity index (χ4n) is 1.66. The second-order valence-electron chi connectivity index (χ2n) is 4.11. The lowest BCUT2D eigenvalue weighted by molar-refractivity contribution is 0.167. The van der Waals surface area contributed by atoms with Crippen LogP contribution < -0.4 is 4.74 Å². The predicted octanol–water partition coefficient (Wildman–Crippen LogP) is 2.57. The fourth-order valence-corrected chi connectivity index (χ4v) is 1.66. The van der Waals surface area contributed by atoms with Gasteiger partial charge in [0.05, 0.1) is 6.07 Å². The van der Waals surface area contributed by atoms with Gasteiger partial charge >= 0.3 is 6.09 Å². The number of benzene rings is 1. The molecule has 0 aliphatic carbocycles. The van der Waals surface area contributed by atoms with Gasteiger partial charge in [0.2, 0.25) is 0 Å². The van der Waals surface area contributed by atoms with Crippen molar-refractivity contribution >= 4 is 6.09 Å². The molecule has 17 heavy (non-hydrogen) atoms. The molecule has 90 valence electrons. The summed E-state index contributed by atoms with van der Waals surface area (Å²) in [6.07, 6.45) is -0.512. The summed E-state index contributed by atoms with van der Waals surface area (Å²) in [6.45, 7) is 5.80. The molecule has 0 atom stereocenters. The number of ether oxygens (including phenoxy) is 1. The zero-order valence-corrected chi connectivity index (χ0v) is 10.6. The molecule has 0 spiro atoms. The summed E-state index contributed by atoms with van der Waals surface area (Å²) in [6, 6.07) is 5.81. The number of hydrogen-bond donors (Lipinski definition) is 0. The standard InChI is InChI=1S/C13H16N2O2/c1-9-7-10(2)12(11(3)8-9)17-13(16)15(4)6-5-14/h7-8H,6H2,1-4H3. The molecule has 0 radical (unpaired) electrons. The number of carbonyl (C=O) groups is 1. The Balaban J connectivity index is 2.90. The molecule has 1 rings (SSSR count). The topological polar surface area (TPSA) is 53.3 Å². The SMILES string of the molecule is Cc1cc(C)c(OC(=O)N(C)CC#N)c(C)c1. The summed E-state index contributed by atoms with van der Waals surface area (Å²) in [5.74, 6) is 0.574. The van der Waals surface area contributed by atoms with Gasteiger partial charge in [0, 0.05) is 7.05 Å². The molecule has 0 bridgehead atoms. The Kier molecular flexibility index (Phi) is 4.11. The van der Waals surface area contributed by atoms with Gasteiger partial charge < -0.3 is 4.74 Å². The largest absolute Gasteiger partial charge is 0.415 e. The van der Waals surface area contributed by atoms with Crippen molar-refractivity contribution in [3.63, 3.8) is 0 Å². The second-order valence-corrected chi connectivity index (χ2v) is 4.11. The van der Waals surface area contributed by atoms with E-state index in [-0.39, 0.29) is 6.54 Å². The molecule has 0 aliphatic rings. The van der Waals surface area contributed by atoms with Crippen molar-refractivity contribution in [3.05, 3.63) is 28.8 Å². The molecule has 0 heterocycles. The molecule has 0 unspecified atom stereocenters. The number of carbonyl (C=O) groups excluding carboxylic acids is 1. The smallest absolute Gasteiger partial charge is 0.410 e. The van der Waals surface area contributed by atoms with Crippen molar-refractivity contribution in [2.45, 2.75) is 20.8 Å². The van der Waals surface area contributed by atoms with Crippen LogP contribution in [-0.2, 0) is 0 Å². The number of hydrogen-bond acceptors (Lipinski definition) is 3. The summed E-state index contributed by atoms with van der Waals surface area (Å²) in [5.41, 5.74) is 2.97. The molecule has 1 aromatic carbocycles. The molecule has 0 fully saturated rings. The van der Waals surface area contributed by atoms with E-state index < -0.39 is 6.09 Å². The van der Waals surface area contributed by atoms with E-state index in [4.69, 9.17) is 10.00 Å². The summed E-state index contributed by atoms with van der Waals surface area (Å²) in [5, 5.41) is 8.50. The van der Waals surface area contributed by atoms with Crippen LogP contribution in [0.15, 0.2) is 12.1 Å². The van der Waals surface area contributed by atoms with E-state index in [1.54, 1.807) is 0 Å². The molecule has 0 saturated heterocycles. The lowest BCUT2D eigenvalue weighted by atomic mass is 10.1. The lowest BCUT2D eigenvalue weighted by Gasteiger charge is -2.16. The quantitative estimate of drug-likeness (QED) is 0.736. The molecule has 0 aliphatic heterocycles. The third-order valence-corrected chi connectivity index (χ3v) is 2.41. The van der Waals surface area contributed by atoms with Crippen molar-refractivity contribution in [2.75, 3.05) is 13.6 Å². The first-order chi connectivity index (χ1) is 7.95. The molecule has 4 heteroatoms. The molecule has 4 nitrogen and oxygen atoms in total. The maximum Gasteiger partial charge on any atom is 0.415 e. The van der Waals surface area contributed by atoms with Crippen LogP contribution >= 0.6 is 0 Å². The van der Waals surface area contributed by atoms with Gasteiger partial charge in [-0.05, 0) is 31.9 Å². The van der Waals surface area contributed by atoms with Crippen LogP contribution in [0.5, 0.6) is 5.75 Å². The summed E-state index contributed by atoms with van der Waals surface area (Å²) in [4.78, 5) is 12.9. The second kappa shape index (κ2) is 5.35. The highest BCUT2D eigenvalue weighted by Crippen LogP contribution is 2.24. The average molecular weight is 232 g/mol. The highest BCUT2D eigenvalue weighted by Gasteiger charge is 2.14. The summed E-state index contributed by atoms with van der Waals surface area (Å²) in [7, 11) is 1.53. The Labute approximate surface area is 101 Å². The van der Waals surface area contributed by atoms with Gasteiger partial charge in [-0.2, -0.15) is 5.26 Å². The lowest BCUT2D eigenvalue weighted by Crippen LogP contribution is -2.30. The van der Waals surface area contributed by atoms with Crippen LogP contribution in [0.25, 0.3) is 0 Å². The summed E-state index contributed by atoms with van der Waals surface area (Å²) < 4.78 is 5.28. The van der Waals surface area contributed by atoms with Crippen LogP contribution in [0.1, 0.15) is 16.7 Å². The zero-order valence-electron chi connectivity index (χ0n) is 10.6. The van der Waals surface area contributed by atoms with Crippen LogP contribution in [0.3, 0.4) is 0 Å². The monoisotopic (exact) mass is 232 g/mol. The normalized spacial score (nSPS) is 9.59. The van der Waals surface area contributed by atoms with E-state index in [0.29, 0.717) is 5.75 Å². The maximum atomic E-state index is 11.6. The van der Waals surface area contributed by atoms with Gasteiger partial charge in [-0.3, -0.25) is 4.90 Å². The van der Waals surface area contributed by atoms with Crippen LogP contribution in [0.2, 0.25) is 0 Å². The van der Waals surface area contributed by atoms with Gasteiger partial charge in [0.25, 0.3) is 0 Å². The number of amides is 1. The van der Waals surface area contributed by atoms with Crippen LogP contribution in [-0.4, -0.2) is 24.6 Å². The Morgan fingerprint density at radius 1 is 1.35 bits per heavy atom. The van der Waals surface area contributed by atoms with E-state index in [0.717, 1.165) is 16.7 Å². The number of aryl methyl sites for hydroxylation is 3. The third-order valence-electron chi connectivity index (χ3n) is 2.41. The van der Waals surface area contributed by atoms with E-state index >= 15 is 0 Å². The zero-order chi connectivity index (χ0) is 13.0. The molecule has 0 aromatic heterocycles. The molecule has 0 N–H and O–H groups in total. The minimum atomic E-state index is -0.512. The van der Waals surface area contributed by atoms with Crippen molar-refractivity contribution < 1.29 is 9.53 Å². The highest BCUT2D eigenvalue weighted by molar-refractivity contribution is 5.71. The Morgan fingerprint density at radius 3 is 2.35 bits per heavy atom. The number of nitrogens with zero attached hydrogens (tertiary/aromatic N) is 2. The Hall–Kier alpha value is -2.02. The maximum absolute atomic E-state index is 11.6. The average Bonchev–Trinajstić information content (AvgIpc) is 2.23. The van der Waals surface area contributed by atoms with Crippen molar-refractivity contribution in [3.8, 4) is 11.8 Å². The van der Waals surface area contributed by atoms with Gasteiger partial charge in [-0.1, -0.05) is 17.7 Å².